The second-order valence-electron chi connectivity index (χ2n) is 6.54. The lowest BCUT2D eigenvalue weighted by Crippen LogP contribution is -2.25. The fourth-order valence-corrected chi connectivity index (χ4v) is 2.90. The first-order valence-electron chi connectivity index (χ1n) is 9.06. The van der Waals surface area contributed by atoms with Crippen molar-refractivity contribution in [2.24, 2.45) is 0 Å². The maximum absolute atomic E-state index is 12.3. The Bertz CT molecular complexity index is 924. The number of amides is 1. The lowest BCUT2D eigenvalue weighted by atomic mass is 10.1. The number of hydrogen-bond donors (Lipinski definition) is 1. The first-order valence-corrected chi connectivity index (χ1v) is 9.43. The van der Waals surface area contributed by atoms with Gasteiger partial charge in [-0.2, -0.15) is 0 Å². The second kappa shape index (κ2) is 9.32. The third-order valence-corrected chi connectivity index (χ3v) is 4.54. The Kier molecular flexibility index (Phi) is 6.60. The van der Waals surface area contributed by atoms with E-state index in [9.17, 15) is 4.79 Å². The molecule has 8 heteroatoms. The highest BCUT2D eigenvalue weighted by molar-refractivity contribution is 6.31. The molecule has 146 valence electrons. The summed E-state index contributed by atoms with van der Waals surface area (Å²) in [7, 11) is 0. The van der Waals surface area contributed by atoms with Crippen LogP contribution in [0.1, 0.15) is 41.6 Å². The van der Waals surface area contributed by atoms with Crippen LogP contribution in [-0.2, 0) is 13.0 Å². The Morgan fingerprint density at radius 1 is 1.18 bits per heavy atom. The van der Waals surface area contributed by atoms with Crippen molar-refractivity contribution in [1.29, 1.82) is 0 Å². The molecule has 1 N–H and O–H groups in total. The zero-order valence-corrected chi connectivity index (χ0v) is 16.6. The van der Waals surface area contributed by atoms with E-state index < -0.39 is 0 Å². The highest BCUT2D eigenvalue weighted by Gasteiger charge is 2.10. The van der Waals surface area contributed by atoms with Gasteiger partial charge in [0.05, 0.1) is 6.04 Å². The summed E-state index contributed by atoms with van der Waals surface area (Å²) >= 11 is 6.13. The number of aromatic nitrogens is 4. The molecule has 1 aromatic heterocycles. The normalized spacial score (nSPS) is 10.9. The predicted octanol–water partition coefficient (Wildman–Crippen LogP) is 3.46. The molecule has 0 unspecified atom stereocenters. The first-order chi connectivity index (χ1) is 13.5. The molecule has 0 spiro atoms. The van der Waals surface area contributed by atoms with Crippen LogP contribution in [-0.4, -0.2) is 32.7 Å². The molecular weight excluding hydrogens is 378 g/mol. The van der Waals surface area contributed by atoms with Crippen molar-refractivity contribution in [2.75, 3.05) is 6.54 Å². The molecule has 0 saturated carbocycles. The molecule has 2 aromatic carbocycles. The highest BCUT2D eigenvalue weighted by Crippen LogP contribution is 2.16. The molecule has 3 rings (SSSR count). The minimum Gasteiger partial charge on any atom is -0.486 e. The standard InChI is InChI=1S/C20H22ClN5O2/c1-14(2)26-19(23-24-25-26)13-28-17-9-7-16(8-10-17)20(27)22-12-11-15-5-3-4-6-18(15)21/h3-10,14H,11-13H2,1-2H3,(H,22,27). The lowest BCUT2D eigenvalue weighted by Gasteiger charge is -2.10. The minimum absolute atomic E-state index is 0.137. The second-order valence-corrected chi connectivity index (χ2v) is 6.95. The Balaban J connectivity index is 1.50. The van der Waals surface area contributed by atoms with Gasteiger partial charge in [-0.15, -0.1) is 5.10 Å². The summed E-state index contributed by atoms with van der Waals surface area (Å²) in [5, 5.41) is 15.2. The topological polar surface area (TPSA) is 81.9 Å². The van der Waals surface area contributed by atoms with Crippen LogP contribution in [0.2, 0.25) is 5.02 Å². The quantitative estimate of drug-likeness (QED) is 0.627. The summed E-state index contributed by atoms with van der Waals surface area (Å²) in [4.78, 5) is 12.3. The van der Waals surface area contributed by atoms with Crippen molar-refractivity contribution in [3.05, 3.63) is 70.5 Å². The predicted molar refractivity (Wildman–Crippen MR) is 106 cm³/mol. The number of carbonyl (C=O) groups excluding carboxylic acids is 1. The van der Waals surface area contributed by atoms with Gasteiger partial charge in [0.2, 0.25) is 0 Å². The van der Waals surface area contributed by atoms with Crippen LogP contribution >= 0.6 is 11.6 Å². The van der Waals surface area contributed by atoms with Crippen LogP contribution in [0.4, 0.5) is 0 Å². The van der Waals surface area contributed by atoms with Crippen molar-refractivity contribution in [2.45, 2.75) is 32.9 Å². The first kappa shape index (κ1) is 19.8. The number of tetrazole rings is 1. The summed E-state index contributed by atoms with van der Waals surface area (Å²) < 4.78 is 7.43. The lowest BCUT2D eigenvalue weighted by molar-refractivity contribution is 0.0954. The van der Waals surface area contributed by atoms with Gasteiger partial charge in [0, 0.05) is 17.1 Å². The van der Waals surface area contributed by atoms with E-state index in [1.807, 2.05) is 38.1 Å². The van der Waals surface area contributed by atoms with Crippen molar-refractivity contribution in [1.82, 2.24) is 25.5 Å². The molecule has 7 nitrogen and oxygen atoms in total. The van der Waals surface area contributed by atoms with E-state index in [-0.39, 0.29) is 18.6 Å². The van der Waals surface area contributed by atoms with Gasteiger partial charge in [-0.05, 0) is 66.6 Å². The van der Waals surface area contributed by atoms with Crippen molar-refractivity contribution in [3.8, 4) is 5.75 Å². The fourth-order valence-electron chi connectivity index (χ4n) is 2.67. The molecule has 0 aliphatic carbocycles. The number of nitrogens with one attached hydrogen (secondary N) is 1. The van der Waals surface area contributed by atoms with Gasteiger partial charge in [0.15, 0.2) is 5.82 Å². The molecule has 0 saturated heterocycles. The van der Waals surface area contributed by atoms with Crippen LogP contribution in [0.15, 0.2) is 48.5 Å². The summed E-state index contributed by atoms with van der Waals surface area (Å²) in [6.45, 7) is 4.77. The molecule has 0 bridgehead atoms. The Morgan fingerprint density at radius 3 is 2.64 bits per heavy atom. The number of nitrogens with zero attached hydrogens (tertiary/aromatic N) is 4. The molecule has 0 radical (unpaired) electrons. The largest absolute Gasteiger partial charge is 0.486 e. The molecule has 0 aliphatic heterocycles. The van der Waals surface area contributed by atoms with Crippen molar-refractivity contribution >= 4 is 17.5 Å². The van der Waals surface area contributed by atoms with Gasteiger partial charge in [0.25, 0.3) is 5.91 Å². The Labute approximate surface area is 168 Å². The summed E-state index contributed by atoms with van der Waals surface area (Å²) in [5.41, 5.74) is 1.58. The minimum atomic E-state index is -0.137. The highest BCUT2D eigenvalue weighted by atomic mass is 35.5. The van der Waals surface area contributed by atoms with Crippen LogP contribution in [0.25, 0.3) is 0 Å². The van der Waals surface area contributed by atoms with Gasteiger partial charge in [-0.3, -0.25) is 4.79 Å². The molecule has 3 aromatic rings. The number of ether oxygens (including phenoxy) is 1. The van der Waals surface area contributed by atoms with Gasteiger partial charge in [0.1, 0.15) is 12.4 Å². The number of benzene rings is 2. The van der Waals surface area contributed by atoms with E-state index in [4.69, 9.17) is 16.3 Å². The summed E-state index contributed by atoms with van der Waals surface area (Å²) in [5.74, 6) is 1.16. The molecule has 0 aliphatic rings. The van der Waals surface area contributed by atoms with E-state index >= 15 is 0 Å². The Morgan fingerprint density at radius 2 is 1.93 bits per heavy atom. The van der Waals surface area contributed by atoms with Gasteiger partial charge >= 0.3 is 0 Å². The zero-order valence-electron chi connectivity index (χ0n) is 15.8. The average Bonchev–Trinajstić information content (AvgIpc) is 3.17. The van der Waals surface area contributed by atoms with Crippen LogP contribution in [0, 0.1) is 0 Å². The summed E-state index contributed by atoms with van der Waals surface area (Å²) in [6.07, 6.45) is 0.678. The van der Waals surface area contributed by atoms with Crippen molar-refractivity contribution in [3.63, 3.8) is 0 Å². The monoisotopic (exact) mass is 399 g/mol. The van der Waals surface area contributed by atoms with E-state index in [0.717, 1.165) is 5.56 Å². The smallest absolute Gasteiger partial charge is 0.251 e. The zero-order chi connectivity index (χ0) is 19.9. The molecule has 0 fully saturated rings. The maximum Gasteiger partial charge on any atom is 0.251 e. The van der Waals surface area contributed by atoms with Crippen LogP contribution in [0.5, 0.6) is 5.75 Å². The molecule has 28 heavy (non-hydrogen) atoms. The van der Waals surface area contributed by atoms with Crippen LogP contribution in [0.3, 0.4) is 0 Å². The third-order valence-electron chi connectivity index (χ3n) is 4.17. The third kappa shape index (κ3) is 5.07. The number of halogens is 1. The average molecular weight is 400 g/mol. The number of rotatable bonds is 8. The van der Waals surface area contributed by atoms with E-state index in [0.29, 0.717) is 35.1 Å². The molecule has 1 heterocycles. The number of carbonyl (C=O) groups is 1. The van der Waals surface area contributed by atoms with Gasteiger partial charge in [-0.1, -0.05) is 29.8 Å². The molecule has 1 amide bonds. The Hall–Kier alpha value is -2.93. The van der Waals surface area contributed by atoms with Gasteiger partial charge < -0.3 is 10.1 Å². The molecular formula is C20H22ClN5O2. The SMILES string of the molecule is CC(C)n1nnnc1COc1ccc(C(=O)NCCc2ccccc2Cl)cc1. The van der Waals surface area contributed by atoms with Gasteiger partial charge in [-0.25, -0.2) is 4.68 Å². The number of hydrogen-bond acceptors (Lipinski definition) is 5. The molecule has 0 atom stereocenters. The van der Waals surface area contributed by atoms with Crippen LogP contribution < -0.4 is 10.1 Å². The van der Waals surface area contributed by atoms with E-state index in [1.165, 1.54) is 0 Å². The maximum atomic E-state index is 12.3. The summed E-state index contributed by atoms with van der Waals surface area (Å²) in [6, 6.07) is 14.7. The van der Waals surface area contributed by atoms with E-state index in [2.05, 4.69) is 20.8 Å². The fraction of sp³-hybridized carbons (Fsp3) is 0.300. The van der Waals surface area contributed by atoms with E-state index in [1.54, 1.807) is 28.9 Å². The van der Waals surface area contributed by atoms with Crippen molar-refractivity contribution < 1.29 is 9.53 Å².